The molecular formula is C13H10Br2ClNOS. The number of benzene rings is 1. The summed E-state index contributed by atoms with van der Waals surface area (Å²) in [5.41, 5.74) is 2.77. The number of carbonyl (C=O) groups is 1. The monoisotopic (exact) mass is 421 g/mol. The molecule has 0 saturated carbocycles. The quantitative estimate of drug-likeness (QED) is 0.694. The van der Waals surface area contributed by atoms with Crippen LogP contribution in [0.5, 0.6) is 0 Å². The maximum absolute atomic E-state index is 12.0. The second kappa shape index (κ2) is 6.88. The van der Waals surface area contributed by atoms with Crippen molar-refractivity contribution in [1.29, 1.82) is 0 Å². The lowest BCUT2D eigenvalue weighted by atomic mass is 10.1. The highest BCUT2D eigenvalue weighted by molar-refractivity contribution is 9.12. The zero-order valence-electron chi connectivity index (χ0n) is 9.75. The van der Waals surface area contributed by atoms with E-state index in [0.717, 1.165) is 18.7 Å². The Labute approximate surface area is 137 Å². The van der Waals surface area contributed by atoms with Gasteiger partial charge in [0.25, 0.3) is 5.91 Å². The first-order valence-corrected chi connectivity index (χ1v) is 8.40. The van der Waals surface area contributed by atoms with Crippen LogP contribution in [0.3, 0.4) is 0 Å². The number of thiophene rings is 1. The number of nitrogens with one attached hydrogen (secondary N) is 1. The molecule has 2 nitrogen and oxygen atoms in total. The van der Waals surface area contributed by atoms with Crippen LogP contribution in [0.25, 0.3) is 0 Å². The molecule has 0 fully saturated rings. The van der Waals surface area contributed by atoms with Crippen LogP contribution in [0.1, 0.15) is 21.5 Å². The summed E-state index contributed by atoms with van der Waals surface area (Å²) in [7, 11) is 0. The Morgan fingerprint density at radius 2 is 1.84 bits per heavy atom. The molecule has 1 aromatic carbocycles. The minimum Gasteiger partial charge on any atom is -0.348 e. The standard InChI is InChI=1S/C13H10Br2ClNOS/c14-11-5-10(12(15)19-11)13(18)17-7-9-3-1-8(6-16)2-4-9/h1-5H,6-7H2,(H,17,18). The van der Waals surface area contributed by atoms with Crippen LogP contribution in [0.15, 0.2) is 37.9 Å². The fraction of sp³-hybridized carbons (Fsp3) is 0.154. The molecule has 0 aliphatic carbocycles. The molecule has 1 aromatic heterocycles. The average Bonchev–Trinajstić information content (AvgIpc) is 2.75. The molecule has 0 bridgehead atoms. The van der Waals surface area contributed by atoms with Gasteiger partial charge in [-0.2, -0.15) is 0 Å². The van der Waals surface area contributed by atoms with E-state index in [9.17, 15) is 4.79 Å². The van der Waals surface area contributed by atoms with Gasteiger partial charge in [-0.05, 0) is 49.1 Å². The number of carbonyl (C=O) groups excluding carboxylic acids is 1. The molecule has 1 N–H and O–H groups in total. The van der Waals surface area contributed by atoms with Crippen LogP contribution in [-0.2, 0) is 12.4 Å². The van der Waals surface area contributed by atoms with E-state index < -0.39 is 0 Å². The number of halogens is 3. The first kappa shape index (κ1) is 15.0. The summed E-state index contributed by atoms with van der Waals surface area (Å²) in [5.74, 6) is 0.415. The van der Waals surface area contributed by atoms with Gasteiger partial charge in [-0.15, -0.1) is 22.9 Å². The van der Waals surface area contributed by atoms with E-state index in [2.05, 4.69) is 37.2 Å². The summed E-state index contributed by atoms with van der Waals surface area (Å²) in [5, 5.41) is 2.89. The van der Waals surface area contributed by atoms with Crippen molar-refractivity contribution in [3.63, 3.8) is 0 Å². The Balaban J connectivity index is 1.98. The second-order valence-electron chi connectivity index (χ2n) is 3.87. The molecule has 100 valence electrons. The molecule has 1 heterocycles. The predicted octanol–water partition coefficient (Wildman–Crippen LogP) is 4.94. The zero-order chi connectivity index (χ0) is 13.8. The largest absolute Gasteiger partial charge is 0.348 e. The molecule has 2 rings (SSSR count). The van der Waals surface area contributed by atoms with E-state index in [0.29, 0.717) is 18.0 Å². The minimum absolute atomic E-state index is 0.0877. The summed E-state index contributed by atoms with van der Waals surface area (Å²) in [6.07, 6.45) is 0. The molecule has 0 aliphatic heterocycles. The lowest BCUT2D eigenvalue weighted by molar-refractivity contribution is 0.0950. The summed E-state index contributed by atoms with van der Waals surface area (Å²) >= 11 is 13.9. The fourth-order valence-corrected chi connectivity index (χ4v) is 4.49. The normalized spacial score (nSPS) is 10.5. The third kappa shape index (κ3) is 4.05. The minimum atomic E-state index is -0.0877. The Kier molecular flexibility index (Phi) is 5.45. The maximum atomic E-state index is 12.0. The van der Waals surface area contributed by atoms with Crippen molar-refractivity contribution in [2.75, 3.05) is 0 Å². The molecule has 0 aliphatic rings. The highest BCUT2D eigenvalue weighted by atomic mass is 79.9. The molecule has 1 amide bonds. The summed E-state index contributed by atoms with van der Waals surface area (Å²) < 4.78 is 1.75. The van der Waals surface area contributed by atoms with E-state index >= 15 is 0 Å². The highest BCUT2D eigenvalue weighted by Crippen LogP contribution is 2.31. The predicted molar refractivity (Wildman–Crippen MR) is 86.9 cm³/mol. The smallest absolute Gasteiger partial charge is 0.253 e. The van der Waals surface area contributed by atoms with Gasteiger partial charge >= 0.3 is 0 Å². The van der Waals surface area contributed by atoms with E-state index in [1.807, 2.05) is 24.3 Å². The van der Waals surface area contributed by atoms with Gasteiger partial charge < -0.3 is 5.32 Å². The van der Waals surface area contributed by atoms with Gasteiger partial charge in [-0.1, -0.05) is 24.3 Å². The fourth-order valence-electron chi connectivity index (χ4n) is 1.52. The van der Waals surface area contributed by atoms with Crippen molar-refractivity contribution in [1.82, 2.24) is 5.32 Å². The van der Waals surface area contributed by atoms with Gasteiger partial charge in [0, 0.05) is 12.4 Å². The lowest BCUT2D eigenvalue weighted by Crippen LogP contribution is -2.22. The molecular weight excluding hydrogens is 413 g/mol. The summed E-state index contributed by atoms with van der Waals surface area (Å²) in [6, 6.07) is 9.67. The number of alkyl halides is 1. The SMILES string of the molecule is O=C(NCc1ccc(CCl)cc1)c1cc(Br)sc1Br. The van der Waals surface area contributed by atoms with Gasteiger partial charge in [-0.3, -0.25) is 4.79 Å². The van der Waals surface area contributed by atoms with Gasteiger partial charge in [0.15, 0.2) is 0 Å². The zero-order valence-corrected chi connectivity index (χ0v) is 14.5. The summed E-state index contributed by atoms with van der Waals surface area (Å²) in [4.78, 5) is 12.0. The third-order valence-electron chi connectivity index (χ3n) is 2.53. The van der Waals surface area contributed by atoms with Crippen LogP contribution in [0.4, 0.5) is 0 Å². The Bertz CT molecular complexity index is 583. The van der Waals surface area contributed by atoms with Gasteiger partial charge in [-0.25, -0.2) is 0 Å². The first-order chi connectivity index (χ1) is 9.10. The summed E-state index contributed by atoms with van der Waals surface area (Å²) in [6.45, 7) is 0.501. The highest BCUT2D eigenvalue weighted by Gasteiger charge is 2.13. The molecule has 0 spiro atoms. The number of hydrogen-bond donors (Lipinski definition) is 1. The molecule has 2 aromatic rings. The van der Waals surface area contributed by atoms with Crippen LogP contribution in [-0.4, -0.2) is 5.91 Å². The molecule has 0 saturated heterocycles. The Morgan fingerprint density at radius 1 is 1.21 bits per heavy atom. The van der Waals surface area contributed by atoms with E-state index in [1.165, 1.54) is 11.3 Å². The molecule has 0 atom stereocenters. The van der Waals surface area contributed by atoms with Gasteiger partial charge in [0.05, 0.1) is 13.1 Å². The number of rotatable bonds is 4. The number of hydrogen-bond acceptors (Lipinski definition) is 2. The van der Waals surface area contributed by atoms with Crippen LogP contribution in [0, 0.1) is 0 Å². The Morgan fingerprint density at radius 3 is 2.37 bits per heavy atom. The lowest BCUT2D eigenvalue weighted by Gasteiger charge is -2.05. The van der Waals surface area contributed by atoms with Crippen LogP contribution in [0.2, 0.25) is 0 Å². The van der Waals surface area contributed by atoms with Gasteiger partial charge in [0.1, 0.15) is 0 Å². The topological polar surface area (TPSA) is 29.1 Å². The van der Waals surface area contributed by atoms with Crippen molar-refractivity contribution < 1.29 is 4.79 Å². The van der Waals surface area contributed by atoms with Crippen molar-refractivity contribution in [3.8, 4) is 0 Å². The Hall–Kier alpha value is -0.360. The molecule has 6 heteroatoms. The van der Waals surface area contributed by atoms with E-state index in [-0.39, 0.29) is 5.91 Å². The van der Waals surface area contributed by atoms with Crippen LogP contribution >= 0.6 is 54.8 Å². The molecule has 19 heavy (non-hydrogen) atoms. The van der Waals surface area contributed by atoms with Crippen LogP contribution < -0.4 is 5.32 Å². The van der Waals surface area contributed by atoms with E-state index in [1.54, 1.807) is 6.07 Å². The van der Waals surface area contributed by atoms with Crippen molar-refractivity contribution in [2.45, 2.75) is 12.4 Å². The first-order valence-electron chi connectivity index (χ1n) is 5.47. The van der Waals surface area contributed by atoms with Crippen molar-refractivity contribution >= 4 is 60.7 Å². The molecule has 0 radical (unpaired) electrons. The second-order valence-corrected chi connectivity index (χ2v) is 7.89. The van der Waals surface area contributed by atoms with E-state index in [4.69, 9.17) is 11.6 Å². The van der Waals surface area contributed by atoms with Crippen molar-refractivity contribution in [2.24, 2.45) is 0 Å². The number of amides is 1. The maximum Gasteiger partial charge on any atom is 0.253 e. The van der Waals surface area contributed by atoms with Gasteiger partial charge in [0.2, 0.25) is 0 Å². The molecule has 0 unspecified atom stereocenters. The third-order valence-corrected chi connectivity index (χ3v) is 5.18. The average molecular weight is 424 g/mol. The van der Waals surface area contributed by atoms with Crippen molar-refractivity contribution in [3.05, 3.63) is 54.6 Å².